The highest BCUT2D eigenvalue weighted by Gasteiger charge is 2.10. The Morgan fingerprint density at radius 1 is 0.880 bits per heavy atom. The van der Waals surface area contributed by atoms with Gasteiger partial charge in [0.15, 0.2) is 0 Å². The topological polar surface area (TPSA) is 54.0 Å². The second-order valence-electron chi connectivity index (χ2n) is 6.07. The number of aryl methyl sites for hydroxylation is 2. The molecule has 0 saturated heterocycles. The smallest absolute Gasteiger partial charge is 0.274 e. The lowest BCUT2D eigenvalue weighted by Crippen LogP contribution is -2.14. The number of pyridine rings is 1. The van der Waals surface area contributed by atoms with E-state index in [1.807, 2.05) is 49.4 Å². The number of benzene rings is 2. The van der Waals surface area contributed by atoms with Gasteiger partial charge in [-0.2, -0.15) is 0 Å². The summed E-state index contributed by atoms with van der Waals surface area (Å²) < 4.78 is 0. The van der Waals surface area contributed by atoms with Crippen LogP contribution >= 0.6 is 0 Å². The molecule has 1 amide bonds. The first-order valence-corrected chi connectivity index (χ1v) is 8.21. The predicted octanol–water partition coefficient (Wildman–Crippen LogP) is 5.00. The lowest BCUT2D eigenvalue weighted by Gasteiger charge is -2.12. The van der Waals surface area contributed by atoms with E-state index in [-0.39, 0.29) is 5.91 Å². The predicted molar refractivity (Wildman–Crippen MR) is 103 cm³/mol. The van der Waals surface area contributed by atoms with Crippen LogP contribution in [0.25, 0.3) is 0 Å². The van der Waals surface area contributed by atoms with E-state index < -0.39 is 0 Å². The molecule has 3 aromatic rings. The van der Waals surface area contributed by atoms with Crippen molar-refractivity contribution in [2.45, 2.75) is 20.8 Å². The fourth-order valence-electron chi connectivity index (χ4n) is 2.57. The van der Waals surface area contributed by atoms with Gasteiger partial charge in [-0.3, -0.25) is 9.78 Å². The molecule has 0 aliphatic rings. The highest BCUT2D eigenvalue weighted by atomic mass is 16.1. The maximum absolute atomic E-state index is 12.5. The van der Waals surface area contributed by atoms with E-state index in [1.54, 1.807) is 12.3 Å². The third-order valence-corrected chi connectivity index (χ3v) is 4.27. The first kappa shape index (κ1) is 16.7. The SMILES string of the molecule is Cc1ccccc1NC(=O)c1cc(Nc2cccc(C)c2C)ccn1. The quantitative estimate of drug-likeness (QED) is 0.707. The Balaban J connectivity index is 1.80. The summed E-state index contributed by atoms with van der Waals surface area (Å²) in [7, 11) is 0. The van der Waals surface area contributed by atoms with Gasteiger partial charge in [0.05, 0.1) is 0 Å². The zero-order valence-electron chi connectivity index (χ0n) is 14.6. The molecule has 1 aromatic heterocycles. The van der Waals surface area contributed by atoms with E-state index in [1.165, 1.54) is 11.1 Å². The van der Waals surface area contributed by atoms with Gasteiger partial charge in [-0.25, -0.2) is 0 Å². The number of para-hydroxylation sites is 1. The maximum Gasteiger partial charge on any atom is 0.274 e. The molecule has 3 rings (SSSR count). The molecule has 25 heavy (non-hydrogen) atoms. The second kappa shape index (κ2) is 7.18. The van der Waals surface area contributed by atoms with E-state index in [9.17, 15) is 4.79 Å². The van der Waals surface area contributed by atoms with Gasteiger partial charge in [0.1, 0.15) is 5.69 Å². The standard InChI is InChI=1S/C21H21N3O/c1-14-8-6-10-19(16(14)3)23-17-11-12-22-20(13-17)21(25)24-18-9-5-4-7-15(18)2/h4-13H,1-3H3,(H,22,23)(H,24,25). The highest BCUT2D eigenvalue weighted by molar-refractivity contribution is 6.03. The monoisotopic (exact) mass is 331 g/mol. The third-order valence-electron chi connectivity index (χ3n) is 4.27. The van der Waals surface area contributed by atoms with Crippen molar-refractivity contribution in [3.8, 4) is 0 Å². The van der Waals surface area contributed by atoms with Crippen molar-refractivity contribution in [3.63, 3.8) is 0 Å². The molecule has 126 valence electrons. The Bertz CT molecular complexity index is 919. The van der Waals surface area contributed by atoms with Crippen molar-refractivity contribution in [3.05, 3.63) is 83.2 Å². The second-order valence-corrected chi connectivity index (χ2v) is 6.07. The van der Waals surface area contributed by atoms with Gasteiger partial charge in [0, 0.05) is 23.3 Å². The third kappa shape index (κ3) is 3.86. The summed E-state index contributed by atoms with van der Waals surface area (Å²) >= 11 is 0. The van der Waals surface area contributed by atoms with E-state index in [2.05, 4.69) is 35.5 Å². The molecule has 0 unspecified atom stereocenters. The Hall–Kier alpha value is -3.14. The maximum atomic E-state index is 12.5. The lowest BCUT2D eigenvalue weighted by atomic mass is 10.1. The molecule has 0 atom stereocenters. The molecule has 0 spiro atoms. The van der Waals surface area contributed by atoms with E-state index >= 15 is 0 Å². The van der Waals surface area contributed by atoms with Gasteiger partial charge in [-0.05, 0) is 61.7 Å². The average molecular weight is 331 g/mol. The number of carbonyl (C=O) groups is 1. The average Bonchev–Trinajstić information content (AvgIpc) is 2.61. The van der Waals surface area contributed by atoms with Crippen LogP contribution in [0.15, 0.2) is 60.8 Å². The van der Waals surface area contributed by atoms with Crippen molar-refractivity contribution >= 4 is 23.0 Å². The number of nitrogens with zero attached hydrogens (tertiary/aromatic N) is 1. The van der Waals surface area contributed by atoms with Gasteiger partial charge < -0.3 is 10.6 Å². The van der Waals surface area contributed by atoms with Crippen LogP contribution in [-0.2, 0) is 0 Å². The lowest BCUT2D eigenvalue weighted by molar-refractivity contribution is 0.102. The molecule has 2 aromatic carbocycles. The number of aromatic nitrogens is 1. The molecule has 4 heteroatoms. The van der Waals surface area contributed by atoms with Crippen LogP contribution in [0, 0.1) is 20.8 Å². The summed E-state index contributed by atoms with van der Waals surface area (Å²) in [5, 5.41) is 6.27. The molecular formula is C21H21N3O. The van der Waals surface area contributed by atoms with Gasteiger partial charge in [-0.1, -0.05) is 30.3 Å². The Morgan fingerprint density at radius 2 is 1.60 bits per heavy atom. The van der Waals surface area contributed by atoms with E-state index in [4.69, 9.17) is 0 Å². The van der Waals surface area contributed by atoms with Crippen molar-refractivity contribution in [1.82, 2.24) is 4.98 Å². The van der Waals surface area contributed by atoms with Crippen molar-refractivity contribution in [2.75, 3.05) is 10.6 Å². The fourth-order valence-corrected chi connectivity index (χ4v) is 2.57. The minimum absolute atomic E-state index is 0.223. The van der Waals surface area contributed by atoms with Gasteiger partial charge in [0.25, 0.3) is 5.91 Å². The van der Waals surface area contributed by atoms with E-state index in [0.717, 1.165) is 22.6 Å². The minimum Gasteiger partial charge on any atom is -0.355 e. The molecular weight excluding hydrogens is 310 g/mol. The Labute approximate surface area is 147 Å². The number of nitrogens with one attached hydrogen (secondary N) is 2. The number of hydrogen-bond acceptors (Lipinski definition) is 3. The number of anilines is 3. The molecule has 0 fully saturated rings. The fraction of sp³-hybridized carbons (Fsp3) is 0.143. The van der Waals surface area contributed by atoms with Gasteiger partial charge in [0.2, 0.25) is 0 Å². The van der Waals surface area contributed by atoms with E-state index in [0.29, 0.717) is 5.69 Å². The molecule has 4 nitrogen and oxygen atoms in total. The molecule has 0 aliphatic carbocycles. The normalized spacial score (nSPS) is 10.4. The summed E-state index contributed by atoms with van der Waals surface area (Å²) in [5.41, 5.74) is 6.44. The number of rotatable bonds is 4. The first-order chi connectivity index (χ1) is 12.0. The minimum atomic E-state index is -0.223. The molecule has 0 bridgehead atoms. The van der Waals surface area contributed by atoms with Crippen LogP contribution in [0.1, 0.15) is 27.2 Å². The van der Waals surface area contributed by atoms with Crippen molar-refractivity contribution in [2.24, 2.45) is 0 Å². The van der Waals surface area contributed by atoms with Gasteiger partial charge >= 0.3 is 0 Å². The zero-order chi connectivity index (χ0) is 17.8. The van der Waals surface area contributed by atoms with Crippen LogP contribution in [0.5, 0.6) is 0 Å². The molecule has 0 saturated carbocycles. The van der Waals surface area contributed by atoms with Crippen LogP contribution in [0.2, 0.25) is 0 Å². The molecule has 0 aliphatic heterocycles. The summed E-state index contributed by atoms with van der Waals surface area (Å²) in [6, 6.07) is 17.4. The van der Waals surface area contributed by atoms with Gasteiger partial charge in [-0.15, -0.1) is 0 Å². The zero-order valence-corrected chi connectivity index (χ0v) is 14.6. The van der Waals surface area contributed by atoms with Crippen LogP contribution < -0.4 is 10.6 Å². The molecule has 2 N–H and O–H groups in total. The summed E-state index contributed by atoms with van der Waals surface area (Å²) in [6.07, 6.45) is 1.64. The highest BCUT2D eigenvalue weighted by Crippen LogP contribution is 2.23. The first-order valence-electron chi connectivity index (χ1n) is 8.21. The van der Waals surface area contributed by atoms with Crippen molar-refractivity contribution < 1.29 is 4.79 Å². The Kier molecular flexibility index (Phi) is 4.80. The molecule has 0 radical (unpaired) electrons. The van der Waals surface area contributed by atoms with Crippen molar-refractivity contribution in [1.29, 1.82) is 0 Å². The number of amides is 1. The number of hydrogen-bond donors (Lipinski definition) is 2. The summed E-state index contributed by atoms with van der Waals surface area (Å²) in [6.45, 7) is 6.11. The van der Waals surface area contributed by atoms with Crippen LogP contribution in [0.4, 0.5) is 17.1 Å². The van der Waals surface area contributed by atoms with Crippen LogP contribution in [0.3, 0.4) is 0 Å². The largest absolute Gasteiger partial charge is 0.355 e. The molecule has 1 heterocycles. The summed E-state index contributed by atoms with van der Waals surface area (Å²) in [4.78, 5) is 16.7. The number of carbonyl (C=O) groups excluding carboxylic acids is 1. The Morgan fingerprint density at radius 3 is 2.40 bits per heavy atom. The van der Waals surface area contributed by atoms with Crippen LogP contribution in [-0.4, -0.2) is 10.9 Å². The summed E-state index contributed by atoms with van der Waals surface area (Å²) in [5.74, 6) is -0.223.